The maximum absolute atomic E-state index is 11.3. The molecule has 1 saturated carbocycles. The van der Waals surface area contributed by atoms with Gasteiger partial charge in [-0.25, -0.2) is 0 Å². The highest BCUT2D eigenvalue weighted by Gasteiger charge is 2.20. The minimum atomic E-state index is 0.595. The normalized spacial score (nSPS) is 15.7. The Labute approximate surface area is 120 Å². The lowest BCUT2D eigenvalue weighted by Gasteiger charge is -2.28. The molecule has 19 heavy (non-hydrogen) atoms. The second kappa shape index (κ2) is 6.42. The molecule has 0 spiro atoms. The van der Waals surface area contributed by atoms with Crippen molar-refractivity contribution in [3.63, 3.8) is 0 Å². The summed E-state index contributed by atoms with van der Waals surface area (Å²) >= 11 is 6.26. The predicted octanol–water partition coefficient (Wildman–Crippen LogP) is 4.48. The largest absolute Gasteiger partial charge is 0.371 e. The van der Waals surface area contributed by atoms with E-state index in [0.717, 1.165) is 36.5 Å². The van der Waals surface area contributed by atoms with E-state index in [0.29, 0.717) is 10.6 Å². The Hall–Kier alpha value is -1.02. The zero-order valence-corrected chi connectivity index (χ0v) is 12.5. The molecular formula is C16H22ClNO. The van der Waals surface area contributed by atoms with Crippen LogP contribution in [-0.2, 0) is 0 Å². The highest BCUT2D eigenvalue weighted by molar-refractivity contribution is 6.34. The van der Waals surface area contributed by atoms with Gasteiger partial charge in [0.15, 0.2) is 6.29 Å². The monoisotopic (exact) mass is 279 g/mol. The van der Waals surface area contributed by atoms with Gasteiger partial charge in [0, 0.05) is 18.8 Å². The summed E-state index contributed by atoms with van der Waals surface area (Å²) in [6, 6.07) is 4.03. The molecule has 1 aromatic carbocycles. The van der Waals surface area contributed by atoms with Crippen LogP contribution in [0.1, 0.15) is 48.5 Å². The number of hydrogen-bond donors (Lipinski definition) is 0. The van der Waals surface area contributed by atoms with Crippen molar-refractivity contribution in [1.82, 2.24) is 0 Å². The van der Waals surface area contributed by atoms with Crippen molar-refractivity contribution < 1.29 is 4.79 Å². The van der Waals surface area contributed by atoms with Gasteiger partial charge in [-0.15, -0.1) is 0 Å². The minimum absolute atomic E-state index is 0.595. The lowest BCUT2D eigenvalue weighted by atomic mass is 10.0. The first-order valence-corrected chi connectivity index (χ1v) is 7.54. The van der Waals surface area contributed by atoms with E-state index in [4.69, 9.17) is 11.6 Å². The van der Waals surface area contributed by atoms with Crippen LogP contribution in [0.25, 0.3) is 0 Å². The van der Waals surface area contributed by atoms with Crippen LogP contribution < -0.4 is 4.90 Å². The molecule has 0 unspecified atom stereocenters. The number of carbonyl (C=O) groups excluding carboxylic acids is 1. The van der Waals surface area contributed by atoms with Crippen LogP contribution in [0, 0.1) is 12.8 Å². The second-order valence-corrected chi connectivity index (χ2v) is 5.81. The number of aryl methyl sites for hydroxylation is 1. The molecule has 1 aromatic rings. The van der Waals surface area contributed by atoms with Gasteiger partial charge in [-0.1, -0.05) is 30.5 Å². The van der Waals surface area contributed by atoms with Gasteiger partial charge in [0.2, 0.25) is 0 Å². The topological polar surface area (TPSA) is 20.3 Å². The van der Waals surface area contributed by atoms with Crippen LogP contribution in [0.3, 0.4) is 0 Å². The summed E-state index contributed by atoms with van der Waals surface area (Å²) in [5.74, 6) is 0.763. The fraction of sp³-hybridized carbons (Fsp3) is 0.562. The molecule has 0 heterocycles. The summed E-state index contributed by atoms with van der Waals surface area (Å²) in [6.07, 6.45) is 6.20. The molecule has 104 valence electrons. The maximum atomic E-state index is 11.3. The van der Waals surface area contributed by atoms with Crippen molar-refractivity contribution in [3.8, 4) is 0 Å². The van der Waals surface area contributed by atoms with Gasteiger partial charge in [0.05, 0.1) is 10.6 Å². The first-order chi connectivity index (χ1) is 9.17. The quantitative estimate of drug-likeness (QED) is 0.741. The van der Waals surface area contributed by atoms with Gasteiger partial charge in [-0.05, 0) is 44.2 Å². The number of benzene rings is 1. The molecule has 2 nitrogen and oxygen atoms in total. The van der Waals surface area contributed by atoms with Crippen LogP contribution in [-0.4, -0.2) is 19.4 Å². The predicted molar refractivity (Wildman–Crippen MR) is 81.4 cm³/mol. The summed E-state index contributed by atoms with van der Waals surface area (Å²) in [5, 5.41) is 0.595. The Balaban J connectivity index is 2.26. The Morgan fingerprint density at radius 3 is 2.63 bits per heavy atom. The van der Waals surface area contributed by atoms with E-state index in [1.807, 2.05) is 19.1 Å². The zero-order valence-electron chi connectivity index (χ0n) is 11.8. The molecule has 0 N–H and O–H groups in total. The lowest BCUT2D eigenvalue weighted by molar-refractivity contribution is 0.112. The van der Waals surface area contributed by atoms with E-state index >= 15 is 0 Å². The molecule has 0 amide bonds. The van der Waals surface area contributed by atoms with Gasteiger partial charge < -0.3 is 4.90 Å². The Morgan fingerprint density at radius 1 is 1.37 bits per heavy atom. The van der Waals surface area contributed by atoms with Crippen molar-refractivity contribution in [3.05, 3.63) is 28.3 Å². The lowest BCUT2D eigenvalue weighted by Crippen LogP contribution is -2.29. The molecular weight excluding hydrogens is 258 g/mol. The molecule has 0 aromatic heterocycles. The third-order valence-corrected chi connectivity index (χ3v) is 4.65. The van der Waals surface area contributed by atoms with Gasteiger partial charge in [0.25, 0.3) is 0 Å². The number of carbonyl (C=O) groups is 1. The summed E-state index contributed by atoms with van der Waals surface area (Å²) in [4.78, 5) is 13.6. The molecule has 0 aliphatic heterocycles. The Bertz CT molecular complexity index is 452. The van der Waals surface area contributed by atoms with Crippen molar-refractivity contribution in [1.29, 1.82) is 0 Å². The van der Waals surface area contributed by atoms with Gasteiger partial charge in [-0.3, -0.25) is 4.79 Å². The fourth-order valence-corrected chi connectivity index (χ4v) is 3.19. The third kappa shape index (κ3) is 3.11. The molecule has 2 rings (SSSR count). The van der Waals surface area contributed by atoms with E-state index in [2.05, 4.69) is 11.8 Å². The third-order valence-electron chi connectivity index (χ3n) is 4.14. The summed E-state index contributed by atoms with van der Waals surface area (Å²) in [7, 11) is 0. The Kier molecular flexibility index (Phi) is 4.87. The van der Waals surface area contributed by atoms with Crippen LogP contribution in [0.2, 0.25) is 5.02 Å². The van der Waals surface area contributed by atoms with Crippen LogP contribution in [0.4, 0.5) is 5.69 Å². The number of aldehydes is 1. The average Bonchev–Trinajstić information content (AvgIpc) is 2.92. The van der Waals surface area contributed by atoms with E-state index in [9.17, 15) is 4.79 Å². The van der Waals surface area contributed by atoms with Gasteiger partial charge in [0.1, 0.15) is 0 Å². The molecule has 1 fully saturated rings. The zero-order chi connectivity index (χ0) is 13.8. The minimum Gasteiger partial charge on any atom is -0.371 e. The number of halogens is 1. The fourth-order valence-electron chi connectivity index (χ4n) is 2.98. The molecule has 0 bridgehead atoms. The van der Waals surface area contributed by atoms with Gasteiger partial charge >= 0.3 is 0 Å². The average molecular weight is 280 g/mol. The number of hydrogen-bond acceptors (Lipinski definition) is 2. The maximum Gasteiger partial charge on any atom is 0.153 e. The second-order valence-electron chi connectivity index (χ2n) is 5.44. The summed E-state index contributed by atoms with van der Waals surface area (Å²) in [6.45, 7) is 6.02. The van der Waals surface area contributed by atoms with Crippen molar-refractivity contribution in [2.75, 3.05) is 18.0 Å². The molecule has 0 saturated heterocycles. The van der Waals surface area contributed by atoms with Crippen LogP contribution >= 0.6 is 11.6 Å². The van der Waals surface area contributed by atoms with Crippen LogP contribution in [0.15, 0.2) is 12.1 Å². The van der Waals surface area contributed by atoms with Crippen molar-refractivity contribution in [2.45, 2.75) is 39.5 Å². The standard InChI is InChI=1S/C16H22ClNO/c1-3-18(10-13-6-4-5-7-13)15-9-8-12(2)16(17)14(15)11-19/h8-9,11,13H,3-7,10H2,1-2H3. The molecule has 1 aliphatic rings. The number of nitrogens with zero attached hydrogens (tertiary/aromatic N) is 1. The SMILES string of the molecule is CCN(CC1CCCC1)c1ccc(C)c(Cl)c1C=O. The first-order valence-electron chi connectivity index (χ1n) is 7.16. The van der Waals surface area contributed by atoms with Crippen molar-refractivity contribution in [2.24, 2.45) is 5.92 Å². The van der Waals surface area contributed by atoms with E-state index in [1.54, 1.807) is 0 Å². The number of anilines is 1. The van der Waals surface area contributed by atoms with Crippen molar-refractivity contribution >= 4 is 23.6 Å². The highest BCUT2D eigenvalue weighted by Crippen LogP contribution is 2.32. The first kappa shape index (κ1) is 14.4. The van der Waals surface area contributed by atoms with Crippen LogP contribution in [0.5, 0.6) is 0 Å². The summed E-state index contributed by atoms with van der Waals surface area (Å²) in [5.41, 5.74) is 2.59. The molecule has 0 radical (unpaired) electrons. The summed E-state index contributed by atoms with van der Waals surface area (Å²) < 4.78 is 0. The highest BCUT2D eigenvalue weighted by atomic mass is 35.5. The van der Waals surface area contributed by atoms with E-state index in [-0.39, 0.29) is 0 Å². The molecule has 3 heteroatoms. The molecule has 1 aliphatic carbocycles. The smallest absolute Gasteiger partial charge is 0.153 e. The number of rotatable bonds is 5. The van der Waals surface area contributed by atoms with Gasteiger partial charge in [-0.2, -0.15) is 0 Å². The Morgan fingerprint density at radius 2 is 2.05 bits per heavy atom. The van der Waals surface area contributed by atoms with E-state index < -0.39 is 0 Å². The molecule has 0 atom stereocenters. The van der Waals surface area contributed by atoms with E-state index in [1.165, 1.54) is 25.7 Å².